The summed E-state index contributed by atoms with van der Waals surface area (Å²) < 4.78 is 5.72. The van der Waals surface area contributed by atoms with Crippen molar-refractivity contribution in [2.75, 3.05) is 51.0 Å². The van der Waals surface area contributed by atoms with E-state index in [1.807, 2.05) is 12.1 Å². The first-order valence-electron chi connectivity index (χ1n) is 8.01. The minimum absolute atomic E-state index is 0.738. The zero-order valence-corrected chi connectivity index (χ0v) is 13.6. The summed E-state index contributed by atoms with van der Waals surface area (Å²) in [4.78, 5) is 4.72. The van der Waals surface area contributed by atoms with Crippen molar-refractivity contribution in [1.29, 1.82) is 0 Å². The second-order valence-electron chi connectivity index (χ2n) is 6.24. The number of benzene rings is 1. The number of hydrogen-bond donors (Lipinski definition) is 1. The Kier molecular flexibility index (Phi) is 5.74. The molecule has 1 heterocycles. The van der Waals surface area contributed by atoms with Gasteiger partial charge in [-0.1, -0.05) is 6.92 Å². The van der Waals surface area contributed by atoms with Gasteiger partial charge in [-0.3, -0.25) is 0 Å². The van der Waals surface area contributed by atoms with Crippen molar-refractivity contribution in [3.8, 4) is 5.75 Å². The van der Waals surface area contributed by atoms with Crippen molar-refractivity contribution >= 4 is 11.4 Å². The number of nitrogen functional groups attached to an aromatic ring is 1. The van der Waals surface area contributed by atoms with E-state index in [2.05, 4.69) is 36.9 Å². The van der Waals surface area contributed by atoms with Crippen molar-refractivity contribution in [2.45, 2.75) is 26.2 Å². The fraction of sp³-hybridized carbons (Fsp3) is 0.647. The highest BCUT2D eigenvalue weighted by molar-refractivity contribution is 5.60. The minimum atomic E-state index is 0.738. The normalized spacial score (nSPS) is 16.9. The summed E-state index contributed by atoms with van der Waals surface area (Å²) in [6, 6.07) is 6.04. The SMILES string of the molecule is CCCOc1cc(N)cc(N(C)CC2CCN(C)CC2)c1. The molecule has 1 aliphatic heterocycles. The van der Waals surface area contributed by atoms with Crippen LogP contribution >= 0.6 is 0 Å². The molecule has 4 nitrogen and oxygen atoms in total. The van der Waals surface area contributed by atoms with Crippen LogP contribution in [0.2, 0.25) is 0 Å². The van der Waals surface area contributed by atoms with Crippen molar-refractivity contribution in [1.82, 2.24) is 4.90 Å². The average molecular weight is 291 g/mol. The standard InChI is InChI=1S/C17H29N3O/c1-4-9-21-17-11-15(18)10-16(12-17)20(3)13-14-5-7-19(2)8-6-14/h10-12,14H,4-9,13,18H2,1-3H3. The summed E-state index contributed by atoms with van der Waals surface area (Å²) in [7, 11) is 4.35. The summed E-state index contributed by atoms with van der Waals surface area (Å²) >= 11 is 0. The van der Waals surface area contributed by atoms with Gasteiger partial charge >= 0.3 is 0 Å². The Hall–Kier alpha value is -1.42. The van der Waals surface area contributed by atoms with Crippen molar-refractivity contribution in [3.05, 3.63) is 18.2 Å². The molecular weight excluding hydrogens is 262 g/mol. The Morgan fingerprint density at radius 2 is 2.00 bits per heavy atom. The van der Waals surface area contributed by atoms with E-state index in [-0.39, 0.29) is 0 Å². The highest BCUT2D eigenvalue weighted by atomic mass is 16.5. The van der Waals surface area contributed by atoms with Gasteiger partial charge in [-0.2, -0.15) is 0 Å². The molecule has 0 bridgehead atoms. The lowest BCUT2D eigenvalue weighted by Crippen LogP contribution is -2.35. The van der Waals surface area contributed by atoms with Gasteiger partial charge in [-0.05, 0) is 51.4 Å². The van der Waals surface area contributed by atoms with Crippen LogP contribution in [-0.4, -0.2) is 45.2 Å². The van der Waals surface area contributed by atoms with Crippen molar-refractivity contribution in [3.63, 3.8) is 0 Å². The van der Waals surface area contributed by atoms with Gasteiger partial charge in [0.15, 0.2) is 0 Å². The first-order valence-corrected chi connectivity index (χ1v) is 8.01. The fourth-order valence-corrected chi connectivity index (χ4v) is 2.87. The molecule has 21 heavy (non-hydrogen) atoms. The summed E-state index contributed by atoms with van der Waals surface area (Å²) in [6.07, 6.45) is 3.57. The Bertz CT molecular complexity index is 442. The summed E-state index contributed by atoms with van der Waals surface area (Å²) in [5, 5.41) is 0. The summed E-state index contributed by atoms with van der Waals surface area (Å²) in [5.41, 5.74) is 7.93. The first kappa shape index (κ1) is 16.0. The molecule has 2 N–H and O–H groups in total. The van der Waals surface area contributed by atoms with Gasteiger partial charge in [0.1, 0.15) is 5.75 Å². The lowest BCUT2D eigenvalue weighted by molar-refractivity contribution is 0.222. The molecule has 1 fully saturated rings. The molecule has 1 saturated heterocycles. The Labute approximate surface area is 128 Å². The van der Waals surface area contributed by atoms with Crippen LogP contribution in [0.15, 0.2) is 18.2 Å². The molecule has 0 unspecified atom stereocenters. The lowest BCUT2D eigenvalue weighted by Gasteiger charge is -2.32. The van der Waals surface area contributed by atoms with Crippen LogP contribution in [0.1, 0.15) is 26.2 Å². The largest absolute Gasteiger partial charge is 0.493 e. The number of nitrogens with two attached hydrogens (primary N) is 1. The molecule has 0 aromatic heterocycles. The van der Waals surface area contributed by atoms with Gasteiger partial charge in [0.05, 0.1) is 6.61 Å². The Balaban J connectivity index is 1.97. The third kappa shape index (κ3) is 4.81. The molecule has 1 aromatic carbocycles. The zero-order chi connectivity index (χ0) is 15.2. The smallest absolute Gasteiger partial charge is 0.123 e. The monoisotopic (exact) mass is 291 g/mol. The second-order valence-corrected chi connectivity index (χ2v) is 6.24. The maximum Gasteiger partial charge on any atom is 0.123 e. The van der Waals surface area contributed by atoms with Gasteiger partial charge < -0.3 is 20.3 Å². The van der Waals surface area contributed by atoms with Gasteiger partial charge in [-0.15, -0.1) is 0 Å². The number of hydrogen-bond acceptors (Lipinski definition) is 4. The zero-order valence-electron chi connectivity index (χ0n) is 13.6. The molecule has 1 aliphatic rings. The van der Waals surface area contributed by atoms with E-state index in [1.165, 1.54) is 25.9 Å². The number of piperidine rings is 1. The molecule has 0 aliphatic carbocycles. The van der Waals surface area contributed by atoms with Gasteiger partial charge in [0.25, 0.3) is 0 Å². The van der Waals surface area contributed by atoms with Crippen LogP contribution in [-0.2, 0) is 0 Å². The molecule has 2 rings (SSSR count). The van der Waals surface area contributed by atoms with E-state index in [1.54, 1.807) is 0 Å². The third-order valence-electron chi connectivity index (χ3n) is 4.20. The van der Waals surface area contributed by atoms with Crippen LogP contribution < -0.4 is 15.4 Å². The molecular formula is C17H29N3O. The van der Waals surface area contributed by atoms with Gasteiger partial charge in [0, 0.05) is 37.1 Å². The molecule has 1 aromatic rings. The number of ether oxygens (including phenoxy) is 1. The van der Waals surface area contributed by atoms with E-state index in [9.17, 15) is 0 Å². The maximum absolute atomic E-state index is 6.01. The van der Waals surface area contributed by atoms with Crippen LogP contribution in [0, 0.1) is 5.92 Å². The predicted molar refractivity (Wildman–Crippen MR) is 90.1 cm³/mol. The van der Waals surface area contributed by atoms with E-state index in [0.717, 1.165) is 42.6 Å². The number of likely N-dealkylation sites (tertiary alicyclic amines) is 1. The Morgan fingerprint density at radius 3 is 2.67 bits per heavy atom. The number of anilines is 2. The topological polar surface area (TPSA) is 41.7 Å². The van der Waals surface area contributed by atoms with Crippen molar-refractivity contribution in [2.24, 2.45) is 5.92 Å². The highest BCUT2D eigenvalue weighted by Crippen LogP contribution is 2.27. The average Bonchev–Trinajstić information content (AvgIpc) is 2.47. The van der Waals surface area contributed by atoms with Crippen molar-refractivity contribution < 1.29 is 4.74 Å². The number of nitrogens with zero attached hydrogens (tertiary/aromatic N) is 2. The maximum atomic E-state index is 6.01. The fourth-order valence-electron chi connectivity index (χ4n) is 2.87. The van der Waals surface area contributed by atoms with Gasteiger partial charge in [0.2, 0.25) is 0 Å². The molecule has 0 radical (unpaired) electrons. The first-order chi connectivity index (χ1) is 10.1. The van der Waals surface area contributed by atoms with Crippen LogP contribution in [0.25, 0.3) is 0 Å². The van der Waals surface area contributed by atoms with Crippen LogP contribution in [0.3, 0.4) is 0 Å². The summed E-state index contributed by atoms with van der Waals surface area (Å²) in [6.45, 7) is 6.35. The predicted octanol–water partition coefficient (Wildman–Crippen LogP) is 2.84. The molecule has 0 spiro atoms. The molecule has 0 atom stereocenters. The minimum Gasteiger partial charge on any atom is -0.493 e. The molecule has 4 heteroatoms. The van der Waals surface area contributed by atoms with E-state index >= 15 is 0 Å². The van der Waals surface area contributed by atoms with E-state index < -0.39 is 0 Å². The quantitative estimate of drug-likeness (QED) is 0.818. The molecule has 118 valence electrons. The second kappa shape index (κ2) is 7.55. The Morgan fingerprint density at radius 1 is 1.29 bits per heavy atom. The van der Waals surface area contributed by atoms with E-state index in [4.69, 9.17) is 10.5 Å². The third-order valence-corrected chi connectivity index (χ3v) is 4.20. The van der Waals surface area contributed by atoms with E-state index in [0.29, 0.717) is 0 Å². The van der Waals surface area contributed by atoms with Crippen LogP contribution in [0.4, 0.5) is 11.4 Å². The molecule has 0 amide bonds. The highest BCUT2D eigenvalue weighted by Gasteiger charge is 2.18. The summed E-state index contributed by atoms with van der Waals surface area (Å²) in [5.74, 6) is 1.65. The van der Waals surface area contributed by atoms with Crippen LogP contribution in [0.5, 0.6) is 5.75 Å². The molecule has 0 saturated carbocycles. The lowest BCUT2D eigenvalue weighted by atomic mass is 9.96. The van der Waals surface area contributed by atoms with Gasteiger partial charge in [-0.25, -0.2) is 0 Å². The number of rotatable bonds is 6.